The summed E-state index contributed by atoms with van der Waals surface area (Å²) in [6.45, 7) is 0. The molecule has 1 nitrogen and oxygen atoms in total. The summed E-state index contributed by atoms with van der Waals surface area (Å²) in [4.78, 5) is 0. The summed E-state index contributed by atoms with van der Waals surface area (Å²) in [5.74, 6) is 0.401. The van der Waals surface area contributed by atoms with Crippen molar-refractivity contribution >= 4 is 11.4 Å². The Bertz CT molecular complexity index is 762. The van der Waals surface area contributed by atoms with Crippen molar-refractivity contribution in [3.05, 3.63) is 95.6 Å². The maximum absolute atomic E-state index is 3.60. The quantitative estimate of drug-likeness (QED) is 0.648. The first kappa shape index (κ1) is 12.2. The van der Waals surface area contributed by atoms with Gasteiger partial charge >= 0.3 is 0 Å². The Labute approximate surface area is 125 Å². The van der Waals surface area contributed by atoms with E-state index in [9.17, 15) is 0 Å². The zero-order chi connectivity index (χ0) is 14.1. The Balaban J connectivity index is 1.90. The van der Waals surface area contributed by atoms with E-state index in [1.54, 1.807) is 0 Å². The van der Waals surface area contributed by atoms with E-state index >= 15 is 0 Å². The molecular formula is C20H17N. The van der Waals surface area contributed by atoms with Crippen LogP contribution in [0.4, 0.5) is 11.4 Å². The SMILES string of the molecule is c1ccc(C2Cc3ccccc3Nc3ccccc32)cc1. The number of para-hydroxylation sites is 2. The summed E-state index contributed by atoms with van der Waals surface area (Å²) in [5.41, 5.74) is 6.57. The lowest BCUT2D eigenvalue weighted by atomic mass is 9.86. The first-order chi connectivity index (χ1) is 10.4. The molecule has 1 atom stereocenters. The lowest BCUT2D eigenvalue weighted by Crippen LogP contribution is -2.04. The predicted molar refractivity (Wildman–Crippen MR) is 88.2 cm³/mol. The third kappa shape index (κ3) is 2.21. The van der Waals surface area contributed by atoms with E-state index in [-0.39, 0.29) is 0 Å². The van der Waals surface area contributed by atoms with Gasteiger partial charge in [0.2, 0.25) is 0 Å². The monoisotopic (exact) mass is 271 g/mol. The van der Waals surface area contributed by atoms with Crippen LogP contribution in [0.15, 0.2) is 78.9 Å². The number of anilines is 2. The summed E-state index contributed by atoms with van der Waals surface area (Å²) in [7, 11) is 0. The third-order valence-electron chi connectivity index (χ3n) is 4.25. The maximum Gasteiger partial charge on any atom is 0.0423 e. The van der Waals surface area contributed by atoms with Crippen molar-refractivity contribution in [2.75, 3.05) is 5.32 Å². The minimum atomic E-state index is 0.401. The molecule has 1 aliphatic heterocycles. The summed E-state index contributed by atoms with van der Waals surface area (Å²) >= 11 is 0. The van der Waals surface area contributed by atoms with Gasteiger partial charge in [0.15, 0.2) is 0 Å². The van der Waals surface area contributed by atoms with Gasteiger partial charge in [-0.1, -0.05) is 66.7 Å². The zero-order valence-corrected chi connectivity index (χ0v) is 11.8. The molecular weight excluding hydrogens is 254 g/mol. The lowest BCUT2D eigenvalue weighted by Gasteiger charge is -2.18. The first-order valence-electron chi connectivity index (χ1n) is 7.40. The number of nitrogens with one attached hydrogen (secondary N) is 1. The molecule has 0 fully saturated rings. The molecule has 1 heterocycles. The van der Waals surface area contributed by atoms with Gasteiger partial charge in [-0.2, -0.15) is 0 Å². The lowest BCUT2D eigenvalue weighted by molar-refractivity contribution is 0.816. The van der Waals surface area contributed by atoms with E-state index in [4.69, 9.17) is 0 Å². The second-order valence-corrected chi connectivity index (χ2v) is 5.54. The molecule has 3 aromatic carbocycles. The van der Waals surface area contributed by atoms with Crippen LogP contribution in [0, 0.1) is 0 Å². The molecule has 0 saturated heterocycles. The van der Waals surface area contributed by atoms with Crippen molar-refractivity contribution < 1.29 is 0 Å². The fourth-order valence-corrected chi connectivity index (χ4v) is 3.19. The second kappa shape index (κ2) is 5.10. The molecule has 21 heavy (non-hydrogen) atoms. The Kier molecular flexibility index (Phi) is 2.97. The summed E-state index contributed by atoms with van der Waals surface area (Å²) in [6.07, 6.45) is 1.03. The third-order valence-corrected chi connectivity index (χ3v) is 4.25. The highest BCUT2D eigenvalue weighted by atomic mass is 14.9. The fourth-order valence-electron chi connectivity index (χ4n) is 3.19. The van der Waals surface area contributed by atoms with Gasteiger partial charge in [-0.25, -0.2) is 0 Å². The van der Waals surface area contributed by atoms with Crippen molar-refractivity contribution in [1.29, 1.82) is 0 Å². The summed E-state index contributed by atoms with van der Waals surface area (Å²) < 4.78 is 0. The van der Waals surface area contributed by atoms with Crippen LogP contribution in [0.3, 0.4) is 0 Å². The highest BCUT2D eigenvalue weighted by molar-refractivity contribution is 5.70. The first-order valence-corrected chi connectivity index (χ1v) is 7.40. The summed E-state index contributed by atoms with van der Waals surface area (Å²) in [6, 6.07) is 28.1. The predicted octanol–water partition coefficient (Wildman–Crippen LogP) is 5.12. The van der Waals surface area contributed by atoms with Crippen LogP contribution in [0.2, 0.25) is 0 Å². The van der Waals surface area contributed by atoms with E-state index in [0.717, 1.165) is 6.42 Å². The minimum absolute atomic E-state index is 0.401. The molecule has 0 saturated carbocycles. The number of rotatable bonds is 1. The van der Waals surface area contributed by atoms with Crippen molar-refractivity contribution in [3.63, 3.8) is 0 Å². The smallest absolute Gasteiger partial charge is 0.0423 e. The van der Waals surface area contributed by atoms with Gasteiger partial charge in [0.1, 0.15) is 0 Å². The van der Waals surface area contributed by atoms with E-state index in [1.165, 1.54) is 28.1 Å². The molecule has 4 rings (SSSR count). The number of benzene rings is 3. The molecule has 1 heteroatoms. The van der Waals surface area contributed by atoms with Crippen molar-refractivity contribution in [1.82, 2.24) is 0 Å². The fraction of sp³-hybridized carbons (Fsp3) is 0.100. The number of hydrogen-bond acceptors (Lipinski definition) is 1. The van der Waals surface area contributed by atoms with Crippen LogP contribution in [0.1, 0.15) is 22.6 Å². The molecule has 102 valence electrons. The average molecular weight is 271 g/mol. The van der Waals surface area contributed by atoms with Crippen molar-refractivity contribution in [2.45, 2.75) is 12.3 Å². The van der Waals surface area contributed by atoms with Crippen LogP contribution >= 0.6 is 0 Å². The molecule has 0 aliphatic carbocycles. The highest BCUT2D eigenvalue weighted by Crippen LogP contribution is 2.39. The van der Waals surface area contributed by atoms with Crippen LogP contribution in [-0.4, -0.2) is 0 Å². The van der Waals surface area contributed by atoms with Gasteiger partial charge in [0.05, 0.1) is 0 Å². The van der Waals surface area contributed by atoms with Gasteiger partial charge in [-0.05, 0) is 35.2 Å². The van der Waals surface area contributed by atoms with Gasteiger partial charge < -0.3 is 5.32 Å². The molecule has 0 spiro atoms. The topological polar surface area (TPSA) is 12.0 Å². The standard InChI is InChI=1S/C20H17N/c1-2-8-15(9-3-1)18-14-16-10-4-6-12-19(16)21-20-13-7-5-11-17(18)20/h1-13,18,21H,14H2. The van der Waals surface area contributed by atoms with Crippen LogP contribution < -0.4 is 5.32 Å². The molecule has 3 aromatic rings. The van der Waals surface area contributed by atoms with Gasteiger partial charge in [0.25, 0.3) is 0 Å². The van der Waals surface area contributed by atoms with Crippen LogP contribution in [0.25, 0.3) is 0 Å². The molecule has 0 amide bonds. The van der Waals surface area contributed by atoms with E-state index < -0.39 is 0 Å². The molecule has 1 aliphatic rings. The Morgan fingerprint density at radius 1 is 0.667 bits per heavy atom. The van der Waals surface area contributed by atoms with E-state index in [1.807, 2.05) is 0 Å². The zero-order valence-electron chi connectivity index (χ0n) is 11.8. The largest absolute Gasteiger partial charge is 0.355 e. The van der Waals surface area contributed by atoms with Crippen LogP contribution in [0.5, 0.6) is 0 Å². The van der Waals surface area contributed by atoms with E-state index in [0.29, 0.717) is 5.92 Å². The molecule has 1 N–H and O–H groups in total. The normalized spacial score (nSPS) is 16.3. The minimum Gasteiger partial charge on any atom is -0.355 e. The van der Waals surface area contributed by atoms with Gasteiger partial charge in [0, 0.05) is 17.3 Å². The Morgan fingerprint density at radius 2 is 1.33 bits per heavy atom. The van der Waals surface area contributed by atoms with E-state index in [2.05, 4.69) is 84.2 Å². The summed E-state index contributed by atoms with van der Waals surface area (Å²) in [5, 5.41) is 3.60. The maximum atomic E-state index is 3.60. The second-order valence-electron chi connectivity index (χ2n) is 5.54. The highest BCUT2D eigenvalue weighted by Gasteiger charge is 2.22. The average Bonchev–Trinajstić information content (AvgIpc) is 2.72. The van der Waals surface area contributed by atoms with Crippen molar-refractivity contribution in [2.24, 2.45) is 0 Å². The molecule has 0 bridgehead atoms. The Hall–Kier alpha value is -2.54. The molecule has 0 radical (unpaired) electrons. The molecule has 1 unspecified atom stereocenters. The van der Waals surface area contributed by atoms with Gasteiger partial charge in [-0.3, -0.25) is 0 Å². The van der Waals surface area contributed by atoms with Crippen LogP contribution in [-0.2, 0) is 6.42 Å². The Morgan fingerprint density at radius 3 is 2.19 bits per heavy atom. The number of hydrogen-bond donors (Lipinski definition) is 1. The number of fused-ring (bicyclic) bond motifs is 2. The van der Waals surface area contributed by atoms with Crippen molar-refractivity contribution in [3.8, 4) is 0 Å². The van der Waals surface area contributed by atoms with Gasteiger partial charge in [-0.15, -0.1) is 0 Å². The molecule has 0 aromatic heterocycles.